The van der Waals surface area contributed by atoms with Gasteiger partial charge in [0.1, 0.15) is 5.82 Å². The predicted molar refractivity (Wildman–Crippen MR) is 90.8 cm³/mol. The van der Waals surface area contributed by atoms with Gasteiger partial charge in [0.05, 0.1) is 17.9 Å². The number of Topliss-reactive ketones (excluding diaryl/α,β-unsaturated/α-hetero) is 1. The third kappa shape index (κ3) is 2.29. The van der Waals surface area contributed by atoms with E-state index in [0.29, 0.717) is 12.4 Å². The molecule has 1 aromatic carbocycles. The number of nitrogens with zero attached hydrogens (tertiary/aromatic N) is 2. The van der Waals surface area contributed by atoms with Crippen LogP contribution in [0, 0.1) is 5.82 Å². The number of benzene rings is 1. The second kappa shape index (κ2) is 5.79. The molecule has 2 aliphatic heterocycles. The molecule has 2 aliphatic rings. The number of carbonyl (C=O) groups excluding carboxylic acids is 2. The number of ketones is 1. The standard InChI is InChI=1S/C18H17FN2O2S/c1-2-14-12-6-8-24-16(12)5-7-20(14)10-21-15-4-3-11(19)9-13(15)17(22)18(21)23/h3-4,6,8-9,14H,2,5,7,10H2,1H3/t14-/m1/s1. The molecule has 3 heterocycles. The van der Waals surface area contributed by atoms with Crippen molar-refractivity contribution in [1.29, 1.82) is 0 Å². The van der Waals surface area contributed by atoms with E-state index in [1.165, 1.54) is 27.5 Å². The van der Waals surface area contributed by atoms with E-state index < -0.39 is 17.5 Å². The van der Waals surface area contributed by atoms with Crippen LogP contribution >= 0.6 is 11.3 Å². The summed E-state index contributed by atoms with van der Waals surface area (Å²) in [4.78, 5) is 29.6. The molecular weight excluding hydrogens is 327 g/mol. The van der Waals surface area contributed by atoms with Crippen LogP contribution in [0.15, 0.2) is 29.6 Å². The fraction of sp³-hybridized carbons (Fsp3) is 0.333. The first-order chi connectivity index (χ1) is 11.6. The smallest absolute Gasteiger partial charge is 0.291 e. The molecule has 1 aromatic heterocycles. The number of halogens is 1. The van der Waals surface area contributed by atoms with Gasteiger partial charge in [0.2, 0.25) is 0 Å². The van der Waals surface area contributed by atoms with Gasteiger partial charge < -0.3 is 0 Å². The molecule has 4 nitrogen and oxygen atoms in total. The van der Waals surface area contributed by atoms with Gasteiger partial charge in [-0.05, 0) is 48.1 Å². The Morgan fingerprint density at radius 2 is 2.12 bits per heavy atom. The number of hydrogen-bond acceptors (Lipinski definition) is 4. The molecule has 1 amide bonds. The van der Waals surface area contributed by atoms with Crippen LogP contribution in [-0.2, 0) is 11.2 Å². The average Bonchev–Trinajstić information content (AvgIpc) is 3.14. The van der Waals surface area contributed by atoms with Crippen molar-refractivity contribution in [3.8, 4) is 0 Å². The molecule has 0 spiro atoms. The van der Waals surface area contributed by atoms with E-state index in [0.717, 1.165) is 25.5 Å². The lowest BCUT2D eigenvalue weighted by atomic mass is 9.98. The van der Waals surface area contributed by atoms with Crippen LogP contribution in [0.1, 0.15) is 40.2 Å². The van der Waals surface area contributed by atoms with Crippen molar-refractivity contribution in [3.05, 3.63) is 51.5 Å². The van der Waals surface area contributed by atoms with Gasteiger partial charge >= 0.3 is 5.91 Å². The number of rotatable bonds is 3. The van der Waals surface area contributed by atoms with E-state index in [-0.39, 0.29) is 11.6 Å². The minimum absolute atomic E-state index is 0.168. The topological polar surface area (TPSA) is 40.6 Å². The zero-order chi connectivity index (χ0) is 16.8. The maximum atomic E-state index is 13.4. The second-order valence-electron chi connectivity index (χ2n) is 6.15. The summed E-state index contributed by atoms with van der Waals surface area (Å²) in [6.45, 7) is 3.34. The maximum absolute atomic E-state index is 13.4. The van der Waals surface area contributed by atoms with Crippen LogP contribution in [0.5, 0.6) is 0 Å². The van der Waals surface area contributed by atoms with Gasteiger partial charge in [-0.2, -0.15) is 0 Å². The Kier molecular flexibility index (Phi) is 3.73. The normalized spacial score (nSPS) is 20.4. The van der Waals surface area contributed by atoms with Gasteiger partial charge in [-0.15, -0.1) is 11.3 Å². The first-order valence-electron chi connectivity index (χ1n) is 8.06. The lowest BCUT2D eigenvalue weighted by molar-refractivity contribution is -0.114. The van der Waals surface area contributed by atoms with E-state index >= 15 is 0 Å². The fourth-order valence-electron chi connectivity index (χ4n) is 3.69. The minimum atomic E-state index is -0.620. The van der Waals surface area contributed by atoms with E-state index in [1.54, 1.807) is 11.3 Å². The molecule has 0 saturated heterocycles. The first kappa shape index (κ1) is 15.5. The van der Waals surface area contributed by atoms with Crippen molar-refractivity contribution in [2.75, 3.05) is 18.1 Å². The summed E-state index contributed by atoms with van der Waals surface area (Å²) < 4.78 is 13.4. The molecule has 0 saturated carbocycles. The Bertz CT molecular complexity index is 832. The van der Waals surface area contributed by atoms with Gasteiger partial charge in [-0.25, -0.2) is 4.39 Å². The maximum Gasteiger partial charge on any atom is 0.300 e. The molecule has 24 heavy (non-hydrogen) atoms. The zero-order valence-corrected chi connectivity index (χ0v) is 14.1. The molecule has 0 fully saturated rings. The molecule has 0 bridgehead atoms. The number of anilines is 1. The lowest BCUT2D eigenvalue weighted by Crippen LogP contribution is -2.45. The molecule has 0 unspecified atom stereocenters. The third-order valence-corrected chi connectivity index (χ3v) is 5.85. The van der Waals surface area contributed by atoms with Crippen LogP contribution in [0.25, 0.3) is 0 Å². The summed E-state index contributed by atoms with van der Waals surface area (Å²) in [6.07, 6.45) is 1.89. The van der Waals surface area contributed by atoms with Gasteiger partial charge in [0, 0.05) is 17.5 Å². The molecular formula is C18H17FN2O2S. The highest BCUT2D eigenvalue weighted by atomic mass is 32.1. The van der Waals surface area contributed by atoms with Gasteiger partial charge in [0.15, 0.2) is 0 Å². The molecule has 0 N–H and O–H groups in total. The fourth-order valence-corrected chi connectivity index (χ4v) is 4.62. The van der Waals surface area contributed by atoms with Gasteiger partial charge in [-0.3, -0.25) is 19.4 Å². The number of hydrogen-bond donors (Lipinski definition) is 0. The SMILES string of the molecule is CC[C@@H]1c2ccsc2CCN1CN1C(=O)C(=O)c2cc(F)ccc21. The molecule has 2 aromatic rings. The summed E-state index contributed by atoms with van der Waals surface area (Å²) >= 11 is 1.78. The second-order valence-corrected chi connectivity index (χ2v) is 7.15. The number of thiophene rings is 1. The van der Waals surface area contributed by atoms with E-state index in [2.05, 4.69) is 23.3 Å². The first-order valence-corrected chi connectivity index (χ1v) is 8.94. The Balaban J connectivity index is 1.64. The van der Waals surface area contributed by atoms with Crippen LogP contribution in [0.2, 0.25) is 0 Å². The minimum Gasteiger partial charge on any atom is -0.291 e. The lowest BCUT2D eigenvalue weighted by Gasteiger charge is -2.37. The summed E-state index contributed by atoms with van der Waals surface area (Å²) in [7, 11) is 0. The average molecular weight is 344 g/mol. The monoisotopic (exact) mass is 344 g/mol. The Morgan fingerprint density at radius 1 is 1.29 bits per heavy atom. The predicted octanol–water partition coefficient (Wildman–Crippen LogP) is 3.38. The van der Waals surface area contributed by atoms with Crippen molar-refractivity contribution in [1.82, 2.24) is 4.90 Å². The van der Waals surface area contributed by atoms with Crippen LogP contribution in [0.3, 0.4) is 0 Å². The van der Waals surface area contributed by atoms with Gasteiger partial charge in [-0.1, -0.05) is 6.92 Å². The number of fused-ring (bicyclic) bond motifs is 2. The summed E-state index contributed by atoms with van der Waals surface area (Å²) in [5.41, 5.74) is 2.00. The Morgan fingerprint density at radius 3 is 2.92 bits per heavy atom. The van der Waals surface area contributed by atoms with Crippen LogP contribution in [-0.4, -0.2) is 29.8 Å². The summed E-state index contributed by atoms with van der Waals surface area (Å²) in [5, 5.41) is 2.11. The van der Waals surface area contributed by atoms with Crippen molar-refractivity contribution < 1.29 is 14.0 Å². The van der Waals surface area contributed by atoms with E-state index in [1.807, 2.05) is 0 Å². The van der Waals surface area contributed by atoms with Crippen molar-refractivity contribution in [3.63, 3.8) is 0 Å². The van der Waals surface area contributed by atoms with Crippen LogP contribution < -0.4 is 4.90 Å². The molecule has 6 heteroatoms. The van der Waals surface area contributed by atoms with Crippen molar-refractivity contribution in [2.45, 2.75) is 25.8 Å². The molecule has 0 radical (unpaired) electrons. The molecule has 124 valence electrons. The summed E-state index contributed by atoms with van der Waals surface area (Å²) in [6, 6.07) is 6.37. The van der Waals surface area contributed by atoms with E-state index in [9.17, 15) is 14.0 Å². The Labute approximate surface area is 143 Å². The van der Waals surface area contributed by atoms with Crippen molar-refractivity contribution >= 4 is 28.7 Å². The number of carbonyl (C=O) groups is 2. The summed E-state index contributed by atoms with van der Waals surface area (Å²) in [5.74, 6) is -1.68. The third-order valence-electron chi connectivity index (χ3n) is 4.85. The highest BCUT2D eigenvalue weighted by molar-refractivity contribution is 7.10. The highest BCUT2D eigenvalue weighted by Crippen LogP contribution is 2.37. The van der Waals surface area contributed by atoms with Crippen LogP contribution in [0.4, 0.5) is 10.1 Å². The number of amides is 1. The van der Waals surface area contributed by atoms with Crippen molar-refractivity contribution in [2.24, 2.45) is 0 Å². The highest BCUT2D eigenvalue weighted by Gasteiger charge is 2.38. The largest absolute Gasteiger partial charge is 0.300 e. The Hall–Kier alpha value is -2.05. The molecule has 1 atom stereocenters. The van der Waals surface area contributed by atoms with E-state index in [4.69, 9.17) is 0 Å². The quantitative estimate of drug-likeness (QED) is 0.802. The molecule has 0 aliphatic carbocycles. The molecule has 4 rings (SSSR count). The van der Waals surface area contributed by atoms with Gasteiger partial charge in [0.25, 0.3) is 5.78 Å². The zero-order valence-electron chi connectivity index (χ0n) is 13.3.